The van der Waals surface area contributed by atoms with Crippen molar-refractivity contribution in [3.8, 4) is 11.8 Å². The van der Waals surface area contributed by atoms with Crippen molar-refractivity contribution in [3.05, 3.63) is 24.3 Å². The third-order valence-corrected chi connectivity index (χ3v) is 3.48. The van der Waals surface area contributed by atoms with Gasteiger partial charge in [-0.3, -0.25) is 4.79 Å². The minimum atomic E-state index is -1.52. The molecular formula is C15H18N2O7. The molecular weight excluding hydrogens is 320 g/mol. The first-order valence-corrected chi connectivity index (χ1v) is 7.20. The molecule has 9 heteroatoms. The lowest BCUT2D eigenvalue weighted by atomic mass is 9.99. The molecule has 2 rings (SSSR count). The number of amides is 1. The van der Waals surface area contributed by atoms with E-state index in [1.165, 1.54) is 24.3 Å². The van der Waals surface area contributed by atoms with Gasteiger partial charge >= 0.3 is 0 Å². The molecule has 1 fully saturated rings. The van der Waals surface area contributed by atoms with Crippen LogP contribution in [0.4, 0.5) is 5.69 Å². The van der Waals surface area contributed by atoms with Crippen LogP contribution in [-0.2, 0) is 9.53 Å². The van der Waals surface area contributed by atoms with Crippen LogP contribution in [0.1, 0.15) is 6.42 Å². The molecule has 0 saturated carbocycles. The molecule has 130 valence electrons. The van der Waals surface area contributed by atoms with E-state index in [0.29, 0.717) is 5.69 Å². The third-order valence-electron chi connectivity index (χ3n) is 3.48. The highest BCUT2D eigenvalue weighted by molar-refractivity contribution is 5.92. The van der Waals surface area contributed by atoms with Crippen molar-refractivity contribution in [2.75, 3.05) is 11.9 Å². The summed E-state index contributed by atoms with van der Waals surface area (Å²) in [4.78, 5) is 11.3. The van der Waals surface area contributed by atoms with E-state index in [-0.39, 0.29) is 12.2 Å². The Kier molecular flexibility index (Phi) is 6.08. The maximum Gasteiger partial charge on any atom is 0.238 e. The van der Waals surface area contributed by atoms with Crippen molar-refractivity contribution in [2.24, 2.45) is 0 Å². The monoisotopic (exact) mass is 338 g/mol. The van der Waals surface area contributed by atoms with Gasteiger partial charge in [0.2, 0.25) is 12.2 Å². The number of carbonyl (C=O) groups excluding carboxylic acids is 1. The molecule has 0 radical (unpaired) electrons. The maximum atomic E-state index is 11.3. The normalized spacial score (nSPS) is 29.5. The molecule has 5 unspecified atom stereocenters. The first kappa shape index (κ1) is 18.1. The highest BCUT2D eigenvalue weighted by Gasteiger charge is 2.44. The molecule has 24 heavy (non-hydrogen) atoms. The van der Waals surface area contributed by atoms with E-state index in [1.807, 2.05) is 0 Å². The second-order valence-corrected chi connectivity index (χ2v) is 5.22. The van der Waals surface area contributed by atoms with Crippen LogP contribution in [0.2, 0.25) is 0 Å². The zero-order valence-electron chi connectivity index (χ0n) is 12.6. The zero-order chi connectivity index (χ0) is 17.7. The van der Waals surface area contributed by atoms with Crippen LogP contribution >= 0.6 is 0 Å². The number of aliphatic hydroxyl groups is 4. The molecule has 1 saturated heterocycles. The molecule has 0 aliphatic carbocycles. The standard InChI is InChI=1S/C15H18N2O7/c16-6-5-11(19)17-8-1-3-9(4-2-8)23-15-14(22)13(21)12(20)10(7-18)24-15/h1-4,10,12-15,18,20-22H,5,7H2,(H,17,19). The van der Waals surface area contributed by atoms with E-state index < -0.39 is 43.2 Å². The molecule has 1 aliphatic rings. The number of carbonyl (C=O) groups is 1. The first-order chi connectivity index (χ1) is 11.5. The minimum Gasteiger partial charge on any atom is -0.462 e. The van der Waals surface area contributed by atoms with Gasteiger partial charge in [-0.15, -0.1) is 0 Å². The van der Waals surface area contributed by atoms with E-state index >= 15 is 0 Å². The molecule has 1 aromatic rings. The van der Waals surface area contributed by atoms with Gasteiger partial charge in [0, 0.05) is 5.69 Å². The van der Waals surface area contributed by atoms with Crippen LogP contribution in [0, 0.1) is 11.3 Å². The van der Waals surface area contributed by atoms with Gasteiger partial charge in [0.1, 0.15) is 36.6 Å². The molecule has 0 bridgehead atoms. The summed E-state index contributed by atoms with van der Waals surface area (Å²) in [6.45, 7) is -0.547. The Labute approximate surface area is 137 Å². The van der Waals surface area contributed by atoms with Crippen LogP contribution < -0.4 is 10.1 Å². The summed E-state index contributed by atoms with van der Waals surface area (Å²) in [5, 5.41) is 49.3. The Morgan fingerprint density at radius 3 is 2.46 bits per heavy atom. The topological polar surface area (TPSA) is 152 Å². The largest absolute Gasteiger partial charge is 0.462 e. The summed E-state index contributed by atoms with van der Waals surface area (Å²) < 4.78 is 10.6. The number of nitrogens with zero attached hydrogens (tertiary/aromatic N) is 1. The van der Waals surface area contributed by atoms with Crippen molar-refractivity contribution in [1.82, 2.24) is 0 Å². The lowest BCUT2D eigenvalue weighted by Crippen LogP contribution is -2.60. The number of ether oxygens (including phenoxy) is 2. The molecule has 5 N–H and O–H groups in total. The summed E-state index contributed by atoms with van der Waals surface area (Å²) in [5.41, 5.74) is 0.455. The van der Waals surface area contributed by atoms with E-state index in [9.17, 15) is 20.1 Å². The van der Waals surface area contributed by atoms with Crippen LogP contribution in [-0.4, -0.2) is 63.6 Å². The Balaban J connectivity index is 2.00. The summed E-state index contributed by atoms with van der Waals surface area (Å²) in [5.74, 6) is -0.169. The van der Waals surface area contributed by atoms with Crippen molar-refractivity contribution in [2.45, 2.75) is 37.1 Å². The van der Waals surface area contributed by atoms with E-state index in [0.717, 1.165) is 0 Å². The summed E-state index contributed by atoms with van der Waals surface area (Å²) in [7, 11) is 0. The number of benzene rings is 1. The van der Waals surface area contributed by atoms with Gasteiger partial charge in [0.05, 0.1) is 12.7 Å². The Hall–Kier alpha value is -2.22. The number of anilines is 1. The molecule has 1 aliphatic heterocycles. The quantitative estimate of drug-likeness (QED) is 0.445. The number of nitriles is 1. The van der Waals surface area contributed by atoms with Crippen LogP contribution in [0.25, 0.3) is 0 Å². The third kappa shape index (κ3) is 4.19. The van der Waals surface area contributed by atoms with Gasteiger partial charge in [0.15, 0.2) is 0 Å². The summed E-state index contributed by atoms with van der Waals surface area (Å²) in [6, 6.07) is 7.75. The van der Waals surface area contributed by atoms with Gasteiger partial charge in [0.25, 0.3) is 0 Å². The number of hydrogen-bond donors (Lipinski definition) is 5. The second kappa shape index (κ2) is 8.05. The molecule has 0 aromatic heterocycles. The van der Waals surface area contributed by atoms with Gasteiger partial charge in [-0.25, -0.2) is 0 Å². The van der Waals surface area contributed by atoms with Crippen molar-refractivity contribution >= 4 is 11.6 Å². The fourth-order valence-corrected chi connectivity index (χ4v) is 2.19. The van der Waals surface area contributed by atoms with Gasteiger partial charge in [-0.1, -0.05) is 0 Å². The Bertz CT molecular complexity index is 599. The lowest BCUT2D eigenvalue weighted by molar-refractivity contribution is -0.277. The second-order valence-electron chi connectivity index (χ2n) is 5.22. The SMILES string of the molecule is N#CCC(=O)Nc1ccc(OC2OC(CO)C(O)C(O)C2O)cc1. The highest BCUT2D eigenvalue weighted by Crippen LogP contribution is 2.25. The number of nitrogens with one attached hydrogen (secondary N) is 1. The predicted molar refractivity (Wildman–Crippen MR) is 79.7 cm³/mol. The fourth-order valence-electron chi connectivity index (χ4n) is 2.19. The summed E-state index contributed by atoms with van der Waals surface area (Å²) in [6.07, 6.45) is -7.08. The smallest absolute Gasteiger partial charge is 0.238 e. The van der Waals surface area contributed by atoms with E-state index in [1.54, 1.807) is 6.07 Å². The van der Waals surface area contributed by atoms with Crippen molar-refractivity contribution in [3.63, 3.8) is 0 Å². The van der Waals surface area contributed by atoms with Gasteiger partial charge in [-0.2, -0.15) is 5.26 Å². The minimum absolute atomic E-state index is 0.261. The average Bonchev–Trinajstić information content (AvgIpc) is 2.57. The maximum absolute atomic E-state index is 11.3. The van der Waals surface area contributed by atoms with E-state index in [4.69, 9.17) is 19.8 Å². The van der Waals surface area contributed by atoms with Crippen LogP contribution in [0.3, 0.4) is 0 Å². The average molecular weight is 338 g/mol. The summed E-state index contributed by atoms with van der Waals surface area (Å²) >= 11 is 0. The zero-order valence-corrected chi connectivity index (χ0v) is 12.6. The predicted octanol–water partition coefficient (Wildman–Crippen LogP) is -1.28. The molecule has 1 heterocycles. The molecule has 5 atom stereocenters. The molecule has 1 amide bonds. The fraction of sp³-hybridized carbons (Fsp3) is 0.467. The van der Waals surface area contributed by atoms with Crippen LogP contribution in [0.5, 0.6) is 5.75 Å². The lowest BCUT2D eigenvalue weighted by Gasteiger charge is -2.39. The number of rotatable bonds is 5. The number of hydrogen-bond acceptors (Lipinski definition) is 8. The highest BCUT2D eigenvalue weighted by atomic mass is 16.7. The molecule has 9 nitrogen and oxygen atoms in total. The molecule has 0 spiro atoms. The van der Waals surface area contributed by atoms with Crippen molar-refractivity contribution in [1.29, 1.82) is 5.26 Å². The Morgan fingerprint density at radius 1 is 1.21 bits per heavy atom. The van der Waals surface area contributed by atoms with E-state index in [2.05, 4.69) is 5.32 Å². The van der Waals surface area contributed by atoms with Crippen LogP contribution in [0.15, 0.2) is 24.3 Å². The molecule has 1 aromatic carbocycles. The van der Waals surface area contributed by atoms with Gasteiger partial charge < -0.3 is 35.2 Å². The Morgan fingerprint density at radius 2 is 1.88 bits per heavy atom. The number of aliphatic hydroxyl groups excluding tert-OH is 4. The van der Waals surface area contributed by atoms with Gasteiger partial charge in [-0.05, 0) is 24.3 Å². The first-order valence-electron chi connectivity index (χ1n) is 7.20. The van der Waals surface area contributed by atoms with Crippen molar-refractivity contribution < 1.29 is 34.7 Å².